The predicted molar refractivity (Wildman–Crippen MR) is 75.7 cm³/mol. The molecule has 1 aromatic rings. The van der Waals surface area contributed by atoms with Crippen molar-refractivity contribution >= 4 is 17.2 Å². The van der Waals surface area contributed by atoms with Gasteiger partial charge in [0, 0.05) is 18.0 Å². The highest BCUT2D eigenvalue weighted by molar-refractivity contribution is 7.09. The van der Waals surface area contributed by atoms with Gasteiger partial charge in [0.25, 0.3) is 0 Å². The van der Waals surface area contributed by atoms with Crippen molar-refractivity contribution in [1.29, 1.82) is 0 Å². The molecule has 0 radical (unpaired) electrons. The third-order valence-electron chi connectivity index (χ3n) is 2.55. The highest BCUT2D eigenvalue weighted by Gasteiger charge is 2.11. The maximum atomic E-state index is 11.7. The molecule has 1 amide bonds. The second kappa shape index (κ2) is 7.48. The number of hydrogen-bond donors (Lipinski definition) is 1. The average Bonchev–Trinajstić information content (AvgIpc) is 2.74. The molecule has 1 heterocycles. The smallest absolute Gasteiger partial charge is 0.234 e. The van der Waals surface area contributed by atoms with Crippen molar-refractivity contribution in [3.63, 3.8) is 0 Å². The van der Waals surface area contributed by atoms with Gasteiger partial charge in [0.05, 0.1) is 17.2 Å². The van der Waals surface area contributed by atoms with Crippen LogP contribution in [0.1, 0.15) is 38.4 Å². The van der Waals surface area contributed by atoms with Crippen LogP contribution in [0.25, 0.3) is 0 Å². The van der Waals surface area contributed by atoms with Crippen LogP contribution >= 0.6 is 11.3 Å². The summed E-state index contributed by atoms with van der Waals surface area (Å²) in [7, 11) is 0. The molecule has 0 aliphatic rings. The lowest BCUT2D eigenvalue weighted by Crippen LogP contribution is -2.39. The molecular formula is C13H23N3OS. The fraction of sp³-hybridized carbons (Fsp3) is 0.692. The first kappa shape index (κ1) is 15.1. The number of carbonyl (C=O) groups is 1. The number of hydrogen-bond acceptors (Lipinski definition) is 4. The van der Waals surface area contributed by atoms with E-state index in [1.54, 1.807) is 11.3 Å². The van der Waals surface area contributed by atoms with Crippen molar-refractivity contribution in [2.45, 2.75) is 46.7 Å². The van der Waals surface area contributed by atoms with Crippen LogP contribution in [0.3, 0.4) is 0 Å². The summed E-state index contributed by atoms with van der Waals surface area (Å²) in [5, 5.41) is 6.16. The Bertz CT molecular complexity index is 376. The van der Waals surface area contributed by atoms with Crippen LogP contribution in [0.15, 0.2) is 5.38 Å². The summed E-state index contributed by atoms with van der Waals surface area (Å²) in [6.45, 7) is 10.2. The summed E-state index contributed by atoms with van der Waals surface area (Å²) in [4.78, 5) is 18.3. The van der Waals surface area contributed by atoms with Gasteiger partial charge in [0.1, 0.15) is 0 Å². The molecule has 0 spiro atoms. The Kier molecular flexibility index (Phi) is 6.29. The molecule has 4 nitrogen and oxygen atoms in total. The normalized spacial score (nSPS) is 11.2. The number of aromatic nitrogens is 1. The minimum absolute atomic E-state index is 0.0813. The molecule has 0 aliphatic heterocycles. The fourth-order valence-electron chi connectivity index (χ4n) is 1.66. The van der Waals surface area contributed by atoms with Crippen molar-refractivity contribution in [2.24, 2.45) is 0 Å². The lowest BCUT2D eigenvalue weighted by molar-refractivity contribution is -0.122. The minimum atomic E-state index is 0.0813. The monoisotopic (exact) mass is 269 g/mol. The first-order valence-corrected chi connectivity index (χ1v) is 7.38. The number of nitrogens with one attached hydrogen (secondary N) is 1. The number of aryl methyl sites for hydroxylation is 1. The number of likely N-dealkylation sites (N-methyl/N-ethyl adjacent to an activating group) is 1. The number of thiazole rings is 1. The molecule has 1 rings (SSSR count). The summed E-state index contributed by atoms with van der Waals surface area (Å²) in [5.41, 5.74) is 1.07. The zero-order chi connectivity index (χ0) is 13.5. The maximum Gasteiger partial charge on any atom is 0.234 e. The second-order valence-electron chi connectivity index (χ2n) is 4.61. The SMILES string of the molecule is CCc1nc(CN(CC)CC(=O)NC(C)C)cs1. The first-order valence-electron chi connectivity index (χ1n) is 6.50. The molecule has 1 N–H and O–H groups in total. The Morgan fingerprint density at radius 1 is 1.50 bits per heavy atom. The number of nitrogens with zero attached hydrogens (tertiary/aromatic N) is 2. The van der Waals surface area contributed by atoms with Crippen molar-refractivity contribution in [2.75, 3.05) is 13.1 Å². The van der Waals surface area contributed by atoms with Gasteiger partial charge in [-0.3, -0.25) is 9.69 Å². The van der Waals surface area contributed by atoms with Crippen LogP contribution in [0, 0.1) is 0 Å². The van der Waals surface area contributed by atoms with Crippen LogP contribution in [0.5, 0.6) is 0 Å². The van der Waals surface area contributed by atoms with E-state index in [0.717, 1.165) is 30.2 Å². The van der Waals surface area contributed by atoms with Gasteiger partial charge in [0.2, 0.25) is 5.91 Å². The predicted octanol–water partition coefficient (Wildman–Crippen LogP) is 2.05. The molecule has 0 fully saturated rings. The van der Waals surface area contributed by atoms with Crippen LogP contribution < -0.4 is 5.32 Å². The third kappa shape index (κ3) is 5.14. The fourth-order valence-corrected chi connectivity index (χ4v) is 2.40. The first-order chi connectivity index (χ1) is 8.55. The largest absolute Gasteiger partial charge is 0.353 e. The molecule has 102 valence electrons. The minimum Gasteiger partial charge on any atom is -0.353 e. The van der Waals surface area contributed by atoms with Gasteiger partial charge in [-0.2, -0.15) is 0 Å². The van der Waals surface area contributed by atoms with Gasteiger partial charge < -0.3 is 5.32 Å². The second-order valence-corrected chi connectivity index (χ2v) is 5.55. The van der Waals surface area contributed by atoms with Crippen LogP contribution in [0.2, 0.25) is 0 Å². The van der Waals surface area contributed by atoms with Crippen molar-refractivity contribution in [1.82, 2.24) is 15.2 Å². The van der Waals surface area contributed by atoms with Gasteiger partial charge in [-0.15, -0.1) is 11.3 Å². The number of rotatable bonds is 7. The average molecular weight is 269 g/mol. The molecule has 0 saturated heterocycles. The summed E-state index contributed by atoms with van der Waals surface area (Å²) < 4.78 is 0. The molecule has 0 bridgehead atoms. The molecule has 0 aliphatic carbocycles. The molecule has 0 aromatic carbocycles. The summed E-state index contributed by atoms with van der Waals surface area (Å²) in [5.74, 6) is 0.0813. The van der Waals surface area contributed by atoms with Crippen molar-refractivity contribution < 1.29 is 4.79 Å². The summed E-state index contributed by atoms with van der Waals surface area (Å²) >= 11 is 1.69. The van der Waals surface area contributed by atoms with Crippen molar-refractivity contribution in [3.8, 4) is 0 Å². The summed E-state index contributed by atoms with van der Waals surface area (Å²) in [6.07, 6.45) is 0.977. The van der Waals surface area contributed by atoms with Crippen LogP contribution in [0.4, 0.5) is 0 Å². The lowest BCUT2D eigenvalue weighted by atomic mass is 10.3. The van der Waals surface area contributed by atoms with E-state index in [4.69, 9.17) is 0 Å². The topological polar surface area (TPSA) is 45.2 Å². The molecule has 1 aromatic heterocycles. The van der Waals surface area contributed by atoms with Gasteiger partial charge in [-0.1, -0.05) is 13.8 Å². The van der Waals surface area contributed by atoms with E-state index in [9.17, 15) is 4.79 Å². The molecular weight excluding hydrogens is 246 g/mol. The number of amides is 1. The van der Waals surface area contributed by atoms with Gasteiger partial charge in [0.15, 0.2) is 0 Å². The zero-order valence-corrected chi connectivity index (χ0v) is 12.5. The summed E-state index contributed by atoms with van der Waals surface area (Å²) in [6, 6.07) is 0.196. The Morgan fingerprint density at radius 2 is 2.22 bits per heavy atom. The Hall–Kier alpha value is -0.940. The van der Waals surface area contributed by atoms with E-state index in [2.05, 4.69) is 34.4 Å². The highest BCUT2D eigenvalue weighted by Crippen LogP contribution is 2.12. The molecule has 0 unspecified atom stereocenters. The van der Waals surface area contributed by atoms with Gasteiger partial charge in [-0.05, 0) is 26.8 Å². The Labute approximate surface area is 113 Å². The molecule has 18 heavy (non-hydrogen) atoms. The van der Waals surface area contributed by atoms with E-state index >= 15 is 0 Å². The van der Waals surface area contributed by atoms with E-state index in [1.807, 2.05) is 13.8 Å². The van der Waals surface area contributed by atoms with Gasteiger partial charge >= 0.3 is 0 Å². The molecule has 0 saturated carbocycles. The van der Waals surface area contributed by atoms with E-state index < -0.39 is 0 Å². The lowest BCUT2D eigenvalue weighted by Gasteiger charge is -2.19. The van der Waals surface area contributed by atoms with E-state index in [1.165, 1.54) is 0 Å². The third-order valence-corrected chi connectivity index (χ3v) is 3.59. The quantitative estimate of drug-likeness (QED) is 0.824. The highest BCUT2D eigenvalue weighted by atomic mass is 32.1. The Morgan fingerprint density at radius 3 is 2.72 bits per heavy atom. The van der Waals surface area contributed by atoms with Crippen LogP contribution in [-0.4, -0.2) is 34.9 Å². The van der Waals surface area contributed by atoms with Crippen molar-refractivity contribution in [3.05, 3.63) is 16.1 Å². The van der Waals surface area contributed by atoms with Crippen LogP contribution in [-0.2, 0) is 17.8 Å². The number of carbonyl (C=O) groups excluding carboxylic acids is 1. The van der Waals surface area contributed by atoms with E-state index in [0.29, 0.717) is 6.54 Å². The maximum absolute atomic E-state index is 11.7. The standard InChI is InChI=1S/C13H23N3OS/c1-5-13-15-11(9-18-13)7-16(6-2)8-12(17)14-10(3)4/h9-10H,5-8H2,1-4H3,(H,14,17). The molecule has 5 heteroatoms. The van der Waals surface area contributed by atoms with Gasteiger partial charge in [-0.25, -0.2) is 4.98 Å². The Balaban J connectivity index is 2.48. The zero-order valence-electron chi connectivity index (χ0n) is 11.7. The van der Waals surface area contributed by atoms with E-state index in [-0.39, 0.29) is 11.9 Å². The molecule has 0 atom stereocenters.